The Hall–Kier alpha value is 0.590. The van der Waals surface area contributed by atoms with Crippen LogP contribution in [-0.2, 0) is 13.9 Å². The van der Waals surface area contributed by atoms with Crippen LogP contribution in [0.2, 0.25) is 0 Å². The first-order valence-corrected chi connectivity index (χ1v) is 8.12. The van der Waals surface area contributed by atoms with Gasteiger partial charge in [0.2, 0.25) is 5.91 Å². The number of hydrogen-bond donors (Lipinski definition) is 1. The third-order valence-electron chi connectivity index (χ3n) is 1.32. The van der Waals surface area contributed by atoms with Crippen LogP contribution in [0, 0.1) is 0 Å². The van der Waals surface area contributed by atoms with Gasteiger partial charge in [0, 0.05) is 19.4 Å². The van der Waals surface area contributed by atoms with E-state index in [2.05, 4.69) is 9.61 Å². The molecule has 8 heteroatoms. The maximum Gasteiger partial charge on any atom is 0.352 e. The Morgan fingerprint density at radius 3 is 2.64 bits per heavy atom. The van der Waals surface area contributed by atoms with Crippen LogP contribution in [-0.4, -0.2) is 30.5 Å². The van der Waals surface area contributed by atoms with E-state index in [4.69, 9.17) is 23.2 Å². The van der Waals surface area contributed by atoms with Crippen molar-refractivity contribution in [3.8, 4) is 0 Å². The summed E-state index contributed by atoms with van der Waals surface area (Å²) in [4.78, 5) is 11.2. The van der Waals surface area contributed by atoms with Crippen LogP contribution in [0.15, 0.2) is 0 Å². The van der Waals surface area contributed by atoms with Crippen LogP contribution >= 0.6 is 41.3 Å². The van der Waals surface area contributed by atoms with Crippen LogP contribution in [0.25, 0.3) is 0 Å². The minimum Gasteiger partial charge on any atom is -0.309 e. The molecule has 0 saturated heterocycles. The summed E-state index contributed by atoms with van der Waals surface area (Å²) in [6, 6.07) is 0. The molecule has 0 bridgehead atoms. The van der Waals surface area contributed by atoms with E-state index < -0.39 is 18.0 Å². The highest BCUT2D eigenvalue weighted by Crippen LogP contribution is 2.53. The van der Waals surface area contributed by atoms with Crippen LogP contribution in [0.4, 0.5) is 0 Å². The zero-order chi connectivity index (χ0) is 11.2. The van der Waals surface area contributed by atoms with Crippen molar-refractivity contribution in [2.24, 2.45) is 0 Å². The van der Waals surface area contributed by atoms with Crippen LogP contribution < -0.4 is 5.09 Å². The highest BCUT2D eigenvalue weighted by atomic mass is 35.5. The number of alkyl halides is 2. The first-order chi connectivity index (χ1) is 6.47. The molecule has 0 aliphatic rings. The summed E-state index contributed by atoms with van der Waals surface area (Å²) < 4.78 is 16.2. The fourth-order valence-electron chi connectivity index (χ4n) is 0.620. The van der Waals surface area contributed by atoms with Crippen LogP contribution in [0.5, 0.6) is 0 Å². The van der Waals surface area contributed by atoms with Crippen molar-refractivity contribution in [2.75, 3.05) is 19.2 Å². The molecule has 0 radical (unpaired) electrons. The summed E-state index contributed by atoms with van der Waals surface area (Å²) in [6.07, 6.45) is 1.61. The molecule has 0 aliphatic heterocycles. The number of carbonyl (C=O) groups excluding carboxylic acids is 1. The number of nitrogens with one attached hydrogen (secondary N) is 1. The Bertz CT molecular complexity index is 233. The van der Waals surface area contributed by atoms with Crippen molar-refractivity contribution >= 4 is 47.2 Å². The Kier molecular flexibility index (Phi) is 7.26. The lowest BCUT2D eigenvalue weighted by atomic mass is 10.3. The third kappa shape index (κ3) is 5.47. The van der Waals surface area contributed by atoms with Crippen molar-refractivity contribution in [3.63, 3.8) is 0 Å². The Morgan fingerprint density at radius 2 is 2.29 bits per heavy atom. The number of amides is 1. The lowest BCUT2D eigenvalue weighted by Gasteiger charge is -2.14. The first kappa shape index (κ1) is 14.6. The second-order valence-corrected chi connectivity index (χ2v) is 7.77. The molecular weight excluding hydrogens is 268 g/mol. The van der Waals surface area contributed by atoms with E-state index in [0.29, 0.717) is 0 Å². The smallest absolute Gasteiger partial charge is 0.309 e. The van der Waals surface area contributed by atoms with E-state index in [1.807, 2.05) is 0 Å². The molecule has 0 aromatic heterocycles. The quantitative estimate of drug-likeness (QED) is 0.599. The van der Waals surface area contributed by atoms with E-state index in [1.165, 1.54) is 7.11 Å². The molecule has 0 aliphatic carbocycles. The predicted molar refractivity (Wildman–Crippen MR) is 61.3 cm³/mol. The number of hydrogen-bond acceptors (Lipinski definition) is 4. The molecule has 0 spiro atoms. The fraction of sp³-hybridized carbons (Fsp3) is 0.833. The molecule has 1 amide bonds. The third-order valence-corrected chi connectivity index (χ3v) is 5.80. The predicted octanol–water partition coefficient (Wildman–Crippen LogP) is 2.46. The first-order valence-electron chi connectivity index (χ1n) is 3.70. The van der Waals surface area contributed by atoms with Crippen molar-refractivity contribution in [1.29, 1.82) is 0 Å². The van der Waals surface area contributed by atoms with E-state index in [0.717, 1.165) is 11.4 Å². The van der Waals surface area contributed by atoms with Gasteiger partial charge < -0.3 is 4.52 Å². The SMILES string of the molecule is COP(=O)(NC(=O)CC(Cl)CCl)SC. The van der Waals surface area contributed by atoms with Gasteiger partial charge in [0.1, 0.15) is 0 Å². The Balaban J connectivity index is 4.11. The van der Waals surface area contributed by atoms with Gasteiger partial charge in [-0.05, 0) is 6.26 Å². The lowest BCUT2D eigenvalue weighted by Crippen LogP contribution is -2.23. The molecule has 14 heavy (non-hydrogen) atoms. The highest BCUT2D eigenvalue weighted by molar-refractivity contribution is 8.55. The maximum atomic E-state index is 11.6. The summed E-state index contributed by atoms with van der Waals surface area (Å²) in [5.74, 6) is -0.254. The standard InChI is InChI=1S/C6H12Cl2NO3PS/c1-12-13(11,14-2)9-6(10)3-5(8)4-7/h5H,3-4H2,1-2H3,(H,9,10,11). The van der Waals surface area contributed by atoms with Crippen molar-refractivity contribution < 1.29 is 13.9 Å². The molecule has 84 valence electrons. The van der Waals surface area contributed by atoms with E-state index >= 15 is 0 Å². The van der Waals surface area contributed by atoms with Crippen LogP contribution in [0.3, 0.4) is 0 Å². The monoisotopic (exact) mass is 279 g/mol. The molecule has 0 rings (SSSR count). The Morgan fingerprint density at radius 1 is 1.71 bits per heavy atom. The molecule has 1 N–H and O–H groups in total. The van der Waals surface area contributed by atoms with Crippen molar-refractivity contribution in [1.82, 2.24) is 5.09 Å². The van der Waals surface area contributed by atoms with Crippen molar-refractivity contribution in [2.45, 2.75) is 11.8 Å². The molecule has 0 heterocycles. The van der Waals surface area contributed by atoms with Crippen molar-refractivity contribution in [3.05, 3.63) is 0 Å². The van der Waals surface area contributed by atoms with Gasteiger partial charge in [0.15, 0.2) is 0 Å². The van der Waals surface area contributed by atoms with Gasteiger partial charge in [-0.15, -0.1) is 23.2 Å². The largest absolute Gasteiger partial charge is 0.352 e. The fourth-order valence-corrected chi connectivity index (χ4v) is 2.62. The average molecular weight is 280 g/mol. The minimum atomic E-state index is -3.09. The van der Waals surface area contributed by atoms with Crippen LogP contribution in [0.1, 0.15) is 6.42 Å². The molecular formula is C6H12Cl2NO3PS. The number of carbonyl (C=O) groups is 1. The highest BCUT2D eigenvalue weighted by Gasteiger charge is 2.23. The second-order valence-electron chi connectivity index (χ2n) is 2.35. The lowest BCUT2D eigenvalue weighted by molar-refractivity contribution is -0.119. The van der Waals surface area contributed by atoms with Gasteiger partial charge in [-0.2, -0.15) is 0 Å². The van der Waals surface area contributed by atoms with Gasteiger partial charge in [-0.3, -0.25) is 14.4 Å². The molecule has 2 atom stereocenters. The molecule has 0 aromatic rings. The summed E-state index contributed by atoms with van der Waals surface area (Å²) in [6.45, 7) is -3.09. The summed E-state index contributed by atoms with van der Waals surface area (Å²) in [7, 11) is 1.28. The molecule has 4 nitrogen and oxygen atoms in total. The van der Waals surface area contributed by atoms with E-state index in [9.17, 15) is 9.36 Å². The molecule has 0 saturated carbocycles. The van der Waals surface area contributed by atoms with Gasteiger partial charge >= 0.3 is 6.72 Å². The van der Waals surface area contributed by atoms with Gasteiger partial charge in [-0.25, -0.2) is 0 Å². The van der Waals surface area contributed by atoms with E-state index in [1.54, 1.807) is 6.26 Å². The second kappa shape index (κ2) is 6.96. The number of rotatable bonds is 6. The summed E-state index contributed by atoms with van der Waals surface area (Å²) >= 11 is 12.0. The minimum absolute atomic E-state index is 0.0268. The van der Waals surface area contributed by atoms with Gasteiger partial charge in [0.05, 0.1) is 5.38 Å². The average Bonchev–Trinajstić information content (AvgIpc) is 2.17. The molecule has 0 aromatic carbocycles. The zero-order valence-corrected chi connectivity index (χ0v) is 11.1. The van der Waals surface area contributed by atoms with E-state index in [-0.39, 0.29) is 12.3 Å². The molecule has 0 fully saturated rings. The maximum absolute atomic E-state index is 11.6. The van der Waals surface area contributed by atoms with Gasteiger partial charge in [-0.1, -0.05) is 11.4 Å². The summed E-state index contributed by atoms with van der Waals surface area (Å²) in [5, 5.41) is 1.82. The Labute approximate surface area is 97.3 Å². The summed E-state index contributed by atoms with van der Waals surface area (Å²) in [5.41, 5.74) is 0. The normalized spacial score (nSPS) is 17.1. The molecule has 2 unspecified atom stereocenters. The topological polar surface area (TPSA) is 55.4 Å². The number of halogens is 2. The zero-order valence-electron chi connectivity index (χ0n) is 7.83. The van der Waals surface area contributed by atoms with Gasteiger partial charge in [0.25, 0.3) is 0 Å².